The topological polar surface area (TPSA) is 21.8 Å². The van der Waals surface area contributed by atoms with Crippen LogP contribution in [0.3, 0.4) is 0 Å². The van der Waals surface area contributed by atoms with Gasteiger partial charge in [0.25, 0.3) is 0 Å². The highest BCUT2D eigenvalue weighted by Gasteiger charge is 2.21. The minimum atomic E-state index is 1.09. The first-order chi connectivity index (χ1) is 54.9. The summed E-state index contributed by atoms with van der Waals surface area (Å²) in [6.07, 6.45) is 0. The summed E-state index contributed by atoms with van der Waals surface area (Å²) in [6, 6.07) is 156. The monoisotopic (exact) mass is 1520 g/mol. The minimum Gasteiger partial charge on any atom is -0.356 e. The molecular weight excluding hydrogens is 1450 g/mol. The molecule has 528 valence electrons. The van der Waals surface area contributed by atoms with E-state index in [0.717, 1.165) is 50.0 Å². The maximum Gasteiger partial charge on any atom is 0.0540 e. The van der Waals surface area contributed by atoms with Gasteiger partial charge in [0.2, 0.25) is 0 Å². The standard InChI is InChI=1S/C52H36N2S.C28H18BrNS.C24H19N/c1-4-13-37(14-5-1)39-23-27-43(28-24-39)53(44-29-25-40(26-30-44)38-15-6-2-7-16-38)45-31-33-48-49-34-32-46(36-52(49)55-51(48)35-45)54(42-19-8-3-9-20-42)50-22-12-18-41-17-10-11-21-47(41)50;29-20-13-15-24-25-16-14-22(18-28(25)31-27(24)17-20)30(21-9-2-1-3-10-21)26-12-6-8-19-7-4-5-11-23(19)26;1-3-7-19(8-4-1)21-11-15-23(16-12-21)25-24-17-13-22(14-18-24)20-9-5-2-6-10-20/h1-36H;1-18H;1-18,25H. The van der Waals surface area contributed by atoms with Gasteiger partial charge in [0, 0.05) is 107 Å². The second kappa shape index (κ2) is 31.8. The number of nitrogens with one attached hydrogen (secondary N) is 1. The van der Waals surface area contributed by atoms with Gasteiger partial charge in [-0.3, -0.25) is 0 Å². The highest BCUT2D eigenvalue weighted by Crippen LogP contribution is 2.47. The first-order valence-corrected chi connectivity index (χ1v) is 39.8. The normalized spacial score (nSPS) is 11.1. The van der Waals surface area contributed by atoms with Gasteiger partial charge in [-0.05, 0) is 189 Å². The molecule has 111 heavy (non-hydrogen) atoms. The summed E-state index contributed by atoms with van der Waals surface area (Å²) < 4.78 is 6.24. The Morgan fingerprint density at radius 3 is 0.811 bits per heavy atom. The lowest BCUT2D eigenvalue weighted by Gasteiger charge is -2.27. The Morgan fingerprint density at radius 1 is 0.189 bits per heavy atom. The zero-order chi connectivity index (χ0) is 74.2. The van der Waals surface area contributed by atoms with Crippen molar-refractivity contribution in [2.75, 3.05) is 20.0 Å². The number of benzene rings is 18. The van der Waals surface area contributed by atoms with Crippen LogP contribution < -0.4 is 20.0 Å². The van der Waals surface area contributed by atoms with Crippen LogP contribution in [0.4, 0.5) is 62.6 Å². The molecule has 0 unspecified atom stereocenters. The van der Waals surface area contributed by atoms with Crippen molar-refractivity contribution in [3.8, 4) is 44.5 Å². The first-order valence-electron chi connectivity index (χ1n) is 37.4. The van der Waals surface area contributed by atoms with Gasteiger partial charge in [0.05, 0.1) is 11.4 Å². The molecule has 0 bridgehead atoms. The summed E-state index contributed by atoms with van der Waals surface area (Å²) in [5.41, 5.74) is 22.2. The maximum absolute atomic E-state index is 3.61. The molecule has 20 rings (SSSR count). The Labute approximate surface area is 663 Å². The smallest absolute Gasteiger partial charge is 0.0540 e. The number of para-hydroxylation sites is 2. The summed E-state index contributed by atoms with van der Waals surface area (Å²) in [7, 11) is 0. The van der Waals surface area contributed by atoms with Gasteiger partial charge in [-0.15, -0.1) is 22.7 Å². The summed E-state index contributed by atoms with van der Waals surface area (Å²) >= 11 is 7.31. The molecule has 20 aromatic rings. The molecule has 2 aromatic heterocycles. The van der Waals surface area contributed by atoms with Crippen molar-refractivity contribution in [3.05, 3.63) is 441 Å². The molecule has 4 nitrogen and oxygen atoms in total. The van der Waals surface area contributed by atoms with Crippen molar-refractivity contribution in [2.24, 2.45) is 0 Å². The lowest BCUT2D eigenvalue weighted by atomic mass is 10.0. The molecule has 2 heterocycles. The molecular formula is C104H73BrN4S2. The van der Waals surface area contributed by atoms with Crippen molar-refractivity contribution in [1.29, 1.82) is 0 Å². The third kappa shape index (κ3) is 14.9. The van der Waals surface area contributed by atoms with Crippen LogP contribution in [0.5, 0.6) is 0 Å². The number of nitrogens with zero attached hydrogens (tertiary/aromatic N) is 3. The molecule has 0 fully saturated rings. The molecule has 1 N–H and O–H groups in total. The molecule has 7 heteroatoms. The number of hydrogen-bond acceptors (Lipinski definition) is 6. The van der Waals surface area contributed by atoms with Gasteiger partial charge < -0.3 is 20.0 Å². The molecule has 0 atom stereocenters. The molecule has 18 aromatic carbocycles. The number of halogens is 1. The van der Waals surface area contributed by atoms with Gasteiger partial charge in [0.1, 0.15) is 0 Å². The van der Waals surface area contributed by atoms with Crippen molar-refractivity contribution >= 4 is 163 Å². The maximum atomic E-state index is 3.61. The van der Waals surface area contributed by atoms with Crippen molar-refractivity contribution in [2.45, 2.75) is 0 Å². The number of hydrogen-bond donors (Lipinski definition) is 1. The van der Waals surface area contributed by atoms with Crippen LogP contribution in [0.1, 0.15) is 0 Å². The molecule has 0 aliphatic heterocycles. The number of rotatable bonds is 15. The number of anilines is 11. The molecule has 0 saturated heterocycles. The highest BCUT2D eigenvalue weighted by molar-refractivity contribution is 9.10. The number of thiophene rings is 2. The average molecular weight is 1520 g/mol. The van der Waals surface area contributed by atoms with E-state index in [1.165, 1.54) is 123 Å². The van der Waals surface area contributed by atoms with Crippen LogP contribution >= 0.6 is 38.6 Å². The van der Waals surface area contributed by atoms with Crippen molar-refractivity contribution in [1.82, 2.24) is 0 Å². The van der Waals surface area contributed by atoms with E-state index in [-0.39, 0.29) is 0 Å². The third-order valence-corrected chi connectivity index (χ3v) is 23.1. The SMILES string of the molecule is Brc1ccc2c(c1)sc1cc(N(c3ccccc3)c3cccc4ccccc34)ccc12.c1ccc(-c2ccc(N(c3ccc(-c4ccccc4)cc3)c3ccc4c(c3)sc3cc(N(c5ccccc5)c5cccc6ccccc56)ccc34)cc2)cc1.c1ccc(-c2ccc(Nc3ccc(-c4ccccc4)cc3)cc2)cc1. The van der Waals surface area contributed by atoms with Crippen LogP contribution in [-0.4, -0.2) is 0 Å². The molecule has 0 radical (unpaired) electrons. The van der Waals surface area contributed by atoms with Crippen LogP contribution in [0.25, 0.3) is 106 Å². The van der Waals surface area contributed by atoms with Gasteiger partial charge >= 0.3 is 0 Å². The third-order valence-electron chi connectivity index (χ3n) is 20.4. The summed E-state index contributed by atoms with van der Waals surface area (Å²) in [4.78, 5) is 7.12. The summed E-state index contributed by atoms with van der Waals surface area (Å²) in [6.45, 7) is 0. The fourth-order valence-electron chi connectivity index (χ4n) is 15.0. The molecule has 0 spiro atoms. The van der Waals surface area contributed by atoms with Crippen LogP contribution in [0.15, 0.2) is 441 Å². The van der Waals surface area contributed by atoms with Gasteiger partial charge in [-0.1, -0.05) is 319 Å². The summed E-state index contributed by atoms with van der Waals surface area (Å²) in [5.74, 6) is 0. The first kappa shape index (κ1) is 69.3. The van der Waals surface area contributed by atoms with E-state index in [1.807, 2.05) is 34.8 Å². The van der Waals surface area contributed by atoms with E-state index in [1.54, 1.807) is 0 Å². The molecule has 0 aliphatic carbocycles. The Kier molecular flexibility index (Phi) is 19.9. The van der Waals surface area contributed by atoms with E-state index in [2.05, 4.69) is 461 Å². The highest BCUT2D eigenvalue weighted by atomic mass is 79.9. The number of fused-ring (bicyclic) bond motifs is 8. The van der Waals surface area contributed by atoms with E-state index >= 15 is 0 Å². The van der Waals surface area contributed by atoms with Gasteiger partial charge in [0.15, 0.2) is 0 Å². The van der Waals surface area contributed by atoms with E-state index < -0.39 is 0 Å². The van der Waals surface area contributed by atoms with Gasteiger partial charge in [-0.2, -0.15) is 0 Å². The van der Waals surface area contributed by atoms with Gasteiger partial charge in [-0.25, -0.2) is 0 Å². The van der Waals surface area contributed by atoms with Crippen molar-refractivity contribution in [3.63, 3.8) is 0 Å². The van der Waals surface area contributed by atoms with Crippen LogP contribution in [0, 0.1) is 0 Å². The Balaban J connectivity index is 0.000000129. The zero-order valence-electron chi connectivity index (χ0n) is 60.6. The fraction of sp³-hybridized carbons (Fsp3) is 0. The van der Waals surface area contributed by atoms with E-state index in [0.29, 0.717) is 0 Å². The quantitative estimate of drug-likeness (QED) is 0.110. The van der Waals surface area contributed by atoms with E-state index in [9.17, 15) is 0 Å². The van der Waals surface area contributed by atoms with E-state index in [4.69, 9.17) is 0 Å². The molecule has 0 aliphatic rings. The van der Waals surface area contributed by atoms with Crippen LogP contribution in [0.2, 0.25) is 0 Å². The Bertz CT molecular complexity index is 6410. The predicted octanol–water partition coefficient (Wildman–Crippen LogP) is 31.7. The largest absolute Gasteiger partial charge is 0.356 e. The Morgan fingerprint density at radius 2 is 0.450 bits per heavy atom. The van der Waals surface area contributed by atoms with Crippen LogP contribution in [-0.2, 0) is 0 Å². The fourth-order valence-corrected chi connectivity index (χ4v) is 17.8. The lowest BCUT2D eigenvalue weighted by molar-refractivity contribution is 1.29. The lowest BCUT2D eigenvalue weighted by Crippen LogP contribution is -2.10. The molecule has 0 saturated carbocycles. The second-order valence-corrected chi connectivity index (χ2v) is 30.5. The minimum absolute atomic E-state index is 1.09. The van der Waals surface area contributed by atoms with Crippen molar-refractivity contribution < 1.29 is 0 Å². The second-order valence-electron chi connectivity index (χ2n) is 27.4. The molecule has 0 amide bonds. The average Bonchev–Trinajstić information content (AvgIpc) is 1.46. The Hall–Kier alpha value is -13.4. The predicted molar refractivity (Wildman–Crippen MR) is 483 cm³/mol. The zero-order valence-corrected chi connectivity index (χ0v) is 63.8. The summed E-state index contributed by atoms with van der Waals surface area (Å²) in [5, 5.41) is 13.6.